The highest BCUT2D eigenvalue weighted by molar-refractivity contribution is 9.10. The molecule has 0 spiro atoms. The van der Waals surface area contributed by atoms with Crippen molar-refractivity contribution in [1.82, 2.24) is 0 Å². The van der Waals surface area contributed by atoms with Crippen molar-refractivity contribution in [2.75, 3.05) is 5.32 Å². The summed E-state index contributed by atoms with van der Waals surface area (Å²) in [6.45, 7) is 0.409. The summed E-state index contributed by atoms with van der Waals surface area (Å²) >= 11 is 15.3. The van der Waals surface area contributed by atoms with E-state index < -0.39 is 0 Å². The van der Waals surface area contributed by atoms with Crippen molar-refractivity contribution in [3.63, 3.8) is 0 Å². The van der Waals surface area contributed by atoms with Gasteiger partial charge in [-0.3, -0.25) is 0 Å². The number of anilines is 1. The number of nitrogens with one attached hydrogen (secondary N) is 1. The fourth-order valence-corrected chi connectivity index (χ4v) is 2.26. The monoisotopic (exact) mass is 347 g/mol. The lowest BCUT2D eigenvalue weighted by molar-refractivity contribution is 0.630. The fourth-order valence-electron chi connectivity index (χ4n) is 1.51. The molecule has 0 unspecified atom stereocenters. The maximum atomic E-state index is 13.5. The second-order valence-corrected chi connectivity index (χ2v) is 5.39. The lowest BCUT2D eigenvalue weighted by atomic mass is 10.2. The first-order chi connectivity index (χ1) is 8.58. The molecule has 0 atom stereocenters. The minimum atomic E-state index is -0.309. The second kappa shape index (κ2) is 5.91. The van der Waals surface area contributed by atoms with Crippen molar-refractivity contribution in [2.45, 2.75) is 6.54 Å². The number of benzene rings is 2. The molecule has 0 saturated carbocycles. The van der Waals surface area contributed by atoms with Gasteiger partial charge in [-0.25, -0.2) is 4.39 Å². The second-order valence-electron chi connectivity index (χ2n) is 3.69. The molecule has 1 N–H and O–H groups in total. The van der Waals surface area contributed by atoms with Gasteiger partial charge in [0.25, 0.3) is 0 Å². The summed E-state index contributed by atoms with van der Waals surface area (Å²) in [5, 5.41) is 3.97. The van der Waals surface area contributed by atoms with Crippen LogP contribution in [0, 0.1) is 5.82 Å². The minimum Gasteiger partial charge on any atom is -0.379 e. The third-order valence-corrected chi connectivity index (χ3v) is 3.78. The number of halogens is 4. The Balaban J connectivity index is 2.16. The van der Waals surface area contributed by atoms with Gasteiger partial charge in [0, 0.05) is 11.0 Å². The maximum absolute atomic E-state index is 13.5. The predicted octanol–water partition coefficient (Wildman–Crippen LogP) is 5.51. The lowest BCUT2D eigenvalue weighted by Crippen LogP contribution is -2.02. The summed E-state index contributed by atoms with van der Waals surface area (Å²) in [6.07, 6.45) is 0. The molecule has 2 rings (SSSR count). The van der Waals surface area contributed by atoms with Crippen molar-refractivity contribution in [2.24, 2.45) is 0 Å². The summed E-state index contributed by atoms with van der Waals surface area (Å²) in [7, 11) is 0. The first kappa shape index (κ1) is 13.7. The normalized spacial score (nSPS) is 10.4. The summed E-state index contributed by atoms with van der Waals surface area (Å²) in [5.74, 6) is -0.309. The van der Waals surface area contributed by atoms with E-state index >= 15 is 0 Å². The molecule has 0 radical (unpaired) electrons. The molecule has 0 aromatic heterocycles. The van der Waals surface area contributed by atoms with Gasteiger partial charge in [0.05, 0.1) is 15.7 Å². The van der Waals surface area contributed by atoms with Crippen LogP contribution in [0.25, 0.3) is 0 Å². The zero-order chi connectivity index (χ0) is 13.1. The van der Waals surface area contributed by atoms with Crippen LogP contribution < -0.4 is 5.32 Å². The molecule has 0 aliphatic heterocycles. The van der Waals surface area contributed by atoms with Gasteiger partial charge >= 0.3 is 0 Å². The third-order valence-electron chi connectivity index (χ3n) is 2.43. The maximum Gasteiger partial charge on any atom is 0.146 e. The Hall–Kier alpha value is -0.770. The summed E-state index contributed by atoms with van der Waals surface area (Å²) < 4.78 is 14.3. The average molecular weight is 349 g/mol. The topological polar surface area (TPSA) is 12.0 Å². The molecule has 0 bridgehead atoms. The summed E-state index contributed by atoms with van der Waals surface area (Å²) in [6, 6.07) is 10.1. The largest absolute Gasteiger partial charge is 0.379 e. The zero-order valence-electron chi connectivity index (χ0n) is 9.18. The van der Waals surface area contributed by atoms with Crippen molar-refractivity contribution in [1.29, 1.82) is 0 Å². The van der Waals surface area contributed by atoms with E-state index in [2.05, 4.69) is 21.2 Å². The SMILES string of the molecule is Fc1ccc(Br)cc1NCc1cccc(Cl)c1Cl. The molecule has 94 valence electrons. The molecule has 0 heterocycles. The van der Waals surface area contributed by atoms with Crippen LogP contribution >= 0.6 is 39.1 Å². The standard InChI is InChI=1S/C13H9BrCl2FN/c14-9-4-5-11(17)12(6-9)18-7-8-2-1-3-10(15)13(8)16/h1-6,18H,7H2. The van der Waals surface area contributed by atoms with Gasteiger partial charge in [0.2, 0.25) is 0 Å². The summed E-state index contributed by atoms with van der Waals surface area (Å²) in [4.78, 5) is 0. The van der Waals surface area contributed by atoms with Crippen molar-refractivity contribution in [3.05, 3.63) is 62.3 Å². The van der Waals surface area contributed by atoms with Gasteiger partial charge in [-0.2, -0.15) is 0 Å². The van der Waals surface area contributed by atoms with E-state index in [1.807, 2.05) is 12.1 Å². The molecule has 0 amide bonds. The van der Waals surface area contributed by atoms with Crippen LogP contribution in [0.3, 0.4) is 0 Å². The summed E-state index contributed by atoms with van der Waals surface area (Å²) in [5.41, 5.74) is 1.24. The third kappa shape index (κ3) is 3.16. The molecular formula is C13H9BrCl2FN. The minimum absolute atomic E-state index is 0.309. The van der Waals surface area contributed by atoms with Crippen LogP contribution in [-0.2, 0) is 6.54 Å². The van der Waals surface area contributed by atoms with Crippen molar-refractivity contribution in [3.8, 4) is 0 Å². The highest BCUT2D eigenvalue weighted by atomic mass is 79.9. The Morgan fingerprint density at radius 3 is 2.72 bits per heavy atom. The van der Waals surface area contributed by atoms with Gasteiger partial charge in [-0.05, 0) is 29.8 Å². The molecule has 1 nitrogen and oxygen atoms in total. The number of rotatable bonds is 3. The Morgan fingerprint density at radius 1 is 1.17 bits per heavy atom. The Kier molecular flexibility index (Phi) is 4.49. The van der Waals surface area contributed by atoms with E-state index in [-0.39, 0.29) is 5.82 Å². The molecule has 0 fully saturated rings. The van der Waals surface area contributed by atoms with E-state index in [9.17, 15) is 4.39 Å². The molecule has 2 aromatic rings. The van der Waals surface area contributed by atoms with Gasteiger partial charge in [-0.15, -0.1) is 0 Å². The van der Waals surface area contributed by atoms with Crippen LogP contribution in [0.1, 0.15) is 5.56 Å². The Bertz CT molecular complexity index is 573. The molecular weight excluding hydrogens is 340 g/mol. The van der Waals surface area contributed by atoms with E-state index in [1.54, 1.807) is 18.2 Å². The van der Waals surface area contributed by atoms with Crippen LogP contribution in [0.15, 0.2) is 40.9 Å². The molecule has 18 heavy (non-hydrogen) atoms. The highest BCUT2D eigenvalue weighted by Gasteiger charge is 2.06. The van der Waals surface area contributed by atoms with Crippen molar-refractivity contribution >= 4 is 44.8 Å². The van der Waals surface area contributed by atoms with Gasteiger partial charge in [0.15, 0.2) is 0 Å². The Morgan fingerprint density at radius 2 is 1.94 bits per heavy atom. The molecule has 0 aliphatic carbocycles. The van der Waals surface area contributed by atoms with E-state index in [0.29, 0.717) is 22.3 Å². The molecule has 0 saturated heterocycles. The molecule has 5 heteroatoms. The number of hydrogen-bond acceptors (Lipinski definition) is 1. The molecule has 2 aromatic carbocycles. The highest BCUT2D eigenvalue weighted by Crippen LogP contribution is 2.27. The Labute approximate surface area is 123 Å². The lowest BCUT2D eigenvalue weighted by Gasteiger charge is -2.10. The zero-order valence-corrected chi connectivity index (χ0v) is 12.3. The van der Waals surface area contributed by atoms with Gasteiger partial charge in [-0.1, -0.05) is 51.3 Å². The quantitative estimate of drug-likeness (QED) is 0.771. The van der Waals surface area contributed by atoms with Crippen LogP contribution in [0.4, 0.5) is 10.1 Å². The molecule has 0 aliphatic rings. The smallest absolute Gasteiger partial charge is 0.146 e. The van der Waals surface area contributed by atoms with E-state index in [4.69, 9.17) is 23.2 Å². The van der Waals surface area contributed by atoms with E-state index in [0.717, 1.165) is 10.0 Å². The predicted molar refractivity (Wildman–Crippen MR) is 77.9 cm³/mol. The van der Waals surface area contributed by atoms with Crippen molar-refractivity contribution < 1.29 is 4.39 Å². The first-order valence-electron chi connectivity index (χ1n) is 5.20. The van der Waals surface area contributed by atoms with Gasteiger partial charge < -0.3 is 5.32 Å². The van der Waals surface area contributed by atoms with Gasteiger partial charge in [0.1, 0.15) is 5.82 Å². The number of hydrogen-bond donors (Lipinski definition) is 1. The van der Waals surface area contributed by atoms with E-state index in [1.165, 1.54) is 6.07 Å². The van der Waals surface area contributed by atoms with Crippen LogP contribution in [-0.4, -0.2) is 0 Å². The average Bonchev–Trinajstić information content (AvgIpc) is 2.35. The first-order valence-corrected chi connectivity index (χ1v) is 6.74. The van der Waals surface area contributed by atoms with Crippen LogP contribution in [0.5, 0.6) is 0 Å². The fraction of sp³-hybridized carbons (Fsp3) is 0.0769. The van der Waals surface area contributed by atoms with Crippen LogP contribution in [0.2, 0.25) is 10.0 Å².